The molecule has 1 aromatic carbocycles. The number of nitrogens with one attached hydrogen (secondary N) is 2. The fourth-order valence-corrected chi connectivity index (χ4v) is 4.89. The second-order valence-electron chi connectivity index (χ2n) is 8.84. The average Bonchev–Trinajstić information content (AvgIpc) is 3.28. The van der Waals surface area contributed by atoms with Gasteiger partial charge in [-0.2, -0.15) is 0 Å². The molecule has 0 spiro atoms. The molecule has 2 aliphatic heterocycles. The van der Waals surface area contributed by atoms with E-state index in [0.717, 1.165) is 68.0 Å². The summed E-state index contributed by atoms with van der Waals surface area (Å²) in [6.07, 6.45) is 3.06. The lowest BCUT2D eigenvalue weighted by Gasteiger charge is -2.31. The van der Waals surface area contributed by atoms with Crippen LogP contribution in [0.3, 0.4) is 0 Å². The highest BCUT2D eigenvalue weighted by Gasteiger charge is 2.26. The number of aromatic amines is 1. The number of piperidine rings is 1. The van der Waals surface area contributed by atoms with Gasteiger partial charge in [0.2, 0.25) is 0 Å². The molecule has 4 heterocycles. The number of aromatic nitrogens is 3. The highest BCUT2D eigenvalue weighted by Crippen LogP contribution is 2.36. The predicted octanol–water partition coefficient (Wildman–Crippen LogP) is 2.61. The first-order valence-corrected chi connectivity index (χ1v) is 11.8. The van der Waals surface area contributed by atoms with E-state index >= 15 is 0 Å². The summed E-state index contributed by atoms with van der Waals surface area (Å²) in [7, 11) is 0. The van der Waals surface area contributed by atoms with E-state index < -0.39 is 6.09 Å². The van der Waals surface area contributed by atoms with Crippen LogP contribution >= 0.6 is 0 Å². The highest BCUT2D eigenvalue weighted by molar-refractivity contribution is 5.91. The number of aromatic hydroxyl groups is 1. The van der Waals surface area contributed by atoms with E-state index in [1.807, 2.05) is 6.07 Å². The van der Waals surface area contributed by atoms with Crippen LogP contribution in [0.25, 0.3) is 22.4 Å². The molecule has 2 aliphatic rings. The number of anilines is 1. The van der Waals surface area contributed by atoms with Gasteiger partial charge in [0.05, 0.1) is 18.7 Å². The van der Waals surface area contributed by atoms with Gasteiger partial charge in [-0.15, -0.1) is 0 Å². The third kappa shape index (κ3) is 4.78. The van der Waals surface area contributed by atoms with Crippen molar-refractivity contribution in [1.29, 1.82) is 0 Å². The first-order valence-electron chi connectivity index (χ1n) is 11.8. The molecule has 2 fully saturated rings. The Hall–Kier alpha value is -3.37. The summed E-state index contributed by atoms with van der Waals surface area (Å²) < 4.78 is 5.55. The van der Waals surface area contributed by atoms with Gasteiger partial charge in [0.25, 0.3) is 0 Å². The predicted molar refractivity (Wildman–Crippen MR) is 128 cm³/mol. The third-order valence-corrected chi connectivity index (χ3v) is 6.68. The Labute approximate surface area is 197 Å². The molecule has 0 bridgehead atoms. The molecule has 5 rings (SSSR count). The van der Waals surface area contributed by atoms with E-state index in [9.17, 15) is 9.90 Å². The van der Waals surface area contributed by atoms with Crippen LogP contribution in [0.1, 0.15) is 24.3 Å². The van der Waals surface area contributed by atoms with Crippen LogP contribution in [-0.4, -0.2) is 88.6 Å². The van der Waals surface area contributed by atoms with Gasteiger partial charge in [0, 0.05) is 37.9 Å². The number of carbonyl (C=O) groups is 1. The zero-order chi connectivity index (χ0) is 23.5. The summed E-state index contributed by atoms with van der Waals surface area (Å²) in [5, 5.41) is 21.2. The van der Waals surface area contributed by atoms with Gasteiger partial charge in [-0.3, -0.25) is 0 Å². The maximum absolute atomic E-state index is 10.7. The fourth-order valence-electron chi connectivity index (χ4n) is 4.89. The number of hydrogen-bond donors (Lipinski definition) is 4. The Kier molecular flexibility index (Phi) is 6.50. The number of H-pyrrole nitrogens is 1. The van der Waals surface area contributed by atoms with Crippen molar-refractivity contribution in [2.45, 2.75) is 18.8 Å². The lowest BCUT2D eigenvalue weighted by molar-refractivity contribution is 0.122. The normalized spacial score (nSPS) is 17.8. The van der Waals surface area contributed by atoms with Crippen LogP contribution in [0.2, 0.25) is 0 Å². The van der Waals surface area contributed by atoms with Gasteiger partial charge in [-0.1, -0.05) is 12.1 Å². The van der Waals surface area contributed by atoms with E-state index in [1.165, 1.54) is 5.56 Å². The maximum atomic E-state index is 10.7. The Morgan fingerprint density at radius 3 is 2.71 bits per heavy atom. The summed E-state index contributed by atoms with van der Waals surface area (Å²) in [4.78, 5) is 28.6. The number of likely N-dealkylation sites (tertiary alicyclic amines) is 1. The molecule has 2 aromatic heterocycles. The molecule has 4 N–H and O–H groups in total. The number of nitrogens with zero attached hydrogens (tertiary/aromatic N) is 4. The van der Waals surface area contributed by atoms with Crippen molar-refractivity contribution in [1.82, 2.24) is 25.2 Å². The van der Waals surface area contributed by atoms with Gasteiger partial charge >= 0.3 is 6.09 Å². The van der Waals surface area contributed by atoms with Gasteiger partial charge < -0.3 is 35.1 Å². The Bertz CT molecular complexity index is 1150. The minimum atomic E-state index is -0.980. The van der Waals surface area contributed by atoms with Crippen molar-refractivity contribution in [3.63, 3.8) is 0 Å². The van der Waals surface area contributed by atoms with E-state index in [-0.39, 0.29) is 5.75 Å². The minimum absolute atomic E-state index is 0.188. The Morgan fingerprint density at radius 1 is 1.18 bits per heavy atom. The summed E-state index contributed by atoms with van der Waals surface area (Å²) >= 11 is 0. The molecule has 0 saturated carbocycles. The highest BCUT2D eigenvalue weighted by atomic mass is 16.5. The van der Waals surface area contributed by atoms with Gasteiger partial charge in [0.15, 0.2) is 11.6 Å². The van der Waals surface area contributed by atoms with Gasteiger partial charge in [-0.25, -0.2) is 14.8 Å². The molecule has 0 unspecified atom stereocenters. The molecule has 1 amide bonds. The largest absolute Gasteiger partial charge is 0.508 e. The standard InChI is InChI=1S/C24H30N6O4/c31-18-3-1-2-17(14-18)22-27-20-19(16-4-7-29(8-5-16)9-6-25-24(32)33)15-26-21(20)23(28-22)30-10-12-34-13-11-30/h1-3,14-16,25-26,31H,4-13H2,(H,32,33). The van der Waals surface area contributed by atoms with E-state index in [0.29, 0.717) is 31.5 Å². The number of phenolic OH excluding ortho intramolecular Hbond substituents is 1. The molecule has 34 heavy (non-hydrogen) atoms. The summed E-state index contributed by atoms with van der Waals surface area (Å²) in [6, 6.07) is 7.06. The van der Waals surface area contributed by atoms with E-state index in [2.05, 4.69) is 26.3 Å². The summed E-state index contributed by atoms with van der Waals surface area (Å²) in [5.74, 6) is 2.02. The molecule has 10 nitrogen and oxygen atoms in total. The molecule has 0 aliphatic carbocycles. The zero-order valence-electron chi connectivity index (χ0n) is 19.0. The molecule has 10 heteroatoms. The fraction of sp³-hybridized carbons (Fsp3) is 0.458. The molecule has 180 valence electrons. The van der Waals surface area contributed by atoms with Crippen molar-refractivity contribution < 1.29 is 19.7 Å². The topological polar surface area (TPSA) is 127 Å². The number of phenols is 1. The van der Waals surface area contributed by atoms with Crippen molar-refractivity contribution in [2.24, 2.45) is 0 Å². The first-order chi connectivity index (χ1) is 16.6. The van der Waals surface area contributed by atoms with Gasteiger partial charge in [-0.05, 0) is 49.5 Å². The van der Waals surface area contributed by atoms with E-state index in [1.54, 1.807) is 18.2 Å². The quantitative estimate of drug-likeness (QED) is 0.437. The smallest absolute Gasteiger partial charge is 0.404 e. The number of rotatable bonds is 6. The number of hydrogen-bond acceptors (Lipinski definition) is 7. The number of carboxylic acid groups (broad SMARTS) is 1. The monoisotopic (exact) mass is 466 g/mol. The van der Waals surface area contributed by atoms with Crippen molar-refractivity contribution in [3.8, 4) is 17.1 Å². The first kappa shape index (κ1) is 22.4. The second-order valence-corrected chi connectivity index (χ2v) is 8.84. The number of morpholine rings is 1. The SMILES string of the molecule is O=C(O)NCCN1CCC(c2c[nH]c3c(N4CCOCC4)nc(-c4cccc(O)c4)nc23)CC1. The lowest BCUT2D eigenvalue weighted by atomic mass is 9.90. The van der Waals surface area contributed by atoms with E-state index in [4.69, 9.17) is 19.8 Å². The van der Waals surface area contributed by atoms with Crippen LogP contribution in [0.15, 0.2) is 30.5 Å². The van der Waals surface area contributed by atoms with Crippen LogP contribution in [-0.2, 0) is 4.74 Å². The molecule has 0 atom stereocenters. The number of benzene rings is 1. The average molecular weight is 467 g/mol. The summed E-state index contributed by atoms with van der Waals surface area (Å²) in [6.45, 7) is 5.85. The zero-order valence-corrected chi connectivity index (χ0v) is 19.0. The van der Waals surface area contributed by atoms with Crippen LogP contribution in [0, 0.1) is 0 Å². The lowest BCUT2D eigenvalue weighted by Crippen LogP contribution is -2.38. The van der Waals surface area contributed by atoms with Crippen molar-refractivity contribution in [2.75, 3.05) is 57.4 Å². The molecular formula is C24H30N6O4. The Balaban J connectivity index is 1.44. The molecule has 0 radical (unpaired) electrons. The second kappa shape index (κ2) is 9.86. The molecule has 3 aromatic rings. The number of amides is 1. The minimum Gasteiger partial charge on any atom is -0.508 e. The maximum Gasteiger partial charge on any atom is 0.404 e. The van der Waals surface area contributed by atoms with Crippen LogP contribution in [0.4, 0.5) is 10.6 Å². The molecular weight excluding hydrogens is 436 g/mol. The van der Waals surface area contributed by atoms with Crippen LogP contribution < -0.4 is 10.2 Å². The number of ether oxygens (including phenoxy) is 1. The van der Waals surface area contributed by atoms with Crippen molar-refractivity contribution in [3.05, 3.63) is 36.0 Å². The van der Waals surface area contributed by atoms with Crippen molar-refractivity contribution >= 4 is 22.9 Å². The van der Waals surface area contributed by atoms with Crippen LogP contribution in [0.5, 0.6) is 5.75 Å². The Morgan fingerprint density at radius 2 is 1.97 bits per heavy atom. The summed E-state index contributed by atoms with van der Waals surface area (Å²) in [5.41, 5.74) is 3.84. The third-order valence-electron chi connectivity index (χ3n) is 6.68. The molecule has 2 saturated heterocycles. The van der Waals surface area contributed by atoms with Gasteiger partial charge in [0.1, 0.15) is 11.3 Å². The number of fused-ring (bicyclic) bond motifs is 1.